The quantitative estimate of drug-likeness (QED) is 0.424. The van der Waals surface area contributed by atoms with Crippen LogP contribution in [0.2, 0.25) is 5.02 Å². The maximum atomic E-state index is 13.2. The summed E-state index contributed by atoms with van der Waals surface area (Å²) in [7, 11) is 0. The predicted molar refractivity (Wildman–Crippen MR) is 101 cm³/mol. The average molecular weight is 472 g/mol. The Morgan fingerprint density at radius 3 is 2.56 bits per heavy atom. The first-order valence-electron chi connectivity index (χ1n) is 8.83. The summed E-state index contributed by atoms with van der Waals surface area (Å²) in [4.78, 5) is 19.9. The van der Waals surface area contributed by atoms with Crippen molar-refractivity contribution in [3.63, 3.8) is 0 Å². The van der Waals surface area contributed by atoms with E-state index < -0.39 is 36.0 Å². The fraction of sp³-hybridized carbons (Fsp3) is 0.167. The number of hydrogen-bond donors (Lipinski definition) is 1. The molecule has 1 N–H and O–H groups in total. The van der Waals surface area contributed by atoms with Gasteiger partial charge in [0.15, 0.2) is 11.3 Å². The van der Waals surface area contributed by atoms with Crippen LogP contribution < -0.4 is 5.32 Å². The number of aromatic nitrogens is 6. The number of halogens is 6. The summed E-state index contributed by atoms with van der Waals surface area (Å²) < 4.78 is 67.4. The number of hydrogen-bond acceptors (Lipinski definition) is 5. The number of anilines is 1. The highest BCUT2D eigenvalue weighted by Crippen LogP contribution is 2.25. The van der Waals surface area contributed by atoms with E-state index in [1.165, 1.54) is 23.1 Å². The lowest BCUT2D eigenvalue weighted by Gasteiger charge is -2.06. The zero-order valence-corrected chi connectivity index (χ0v) is 16.4. The zero-order valence-electron chi connectivity index (χ0n) is 15.7. The van der Waals surface area contributed by atoms with Crippen LogP contribution in [0.25, 0.3) is 5.65 Å². The summed E-state index contributed by atoms with van der Waals surface area (Å²) in [6.07, 6.45) is -4.92. The second kappa shape index (κ2) is 8.49. The van der Waals surface area contributed by atoms with Gasteiger partial charge < -0.3 is 0 Å². The van der Waals surface area contributed by atoms with Crippen molar-refractivity contribution in [3.05, 3.63) is 70.1 Å². The minimum Gasteiger partial charge on any atom is -0.288 e. The summed E-state index contributed by atoms with van der Waals surface area (Å²) in [6.45, 7) is 0.133. The molecule has 0 spiro atoms. The number of nitrogens with zero attached hydrogens (tertiary/aromatic N) is 6. The van der Waals surface area contributed by atoms with Crippen LogP contribution in [-0.4, -0.2) is 35.3 Å². The third-order valence-corrected chi connectivity index (χ3v) is 4.62. The van der Waals surface area contributed by atoms with Gasteiger partial charge >= 0.3 is 0 Å². The molecule has 0 bridgehead atoms. The summed E-state index contributed by atoms with van der Waals surface area (Å²) in [6, 6.07) is 5.35. The molecule has 0 saturated carbocycles. The van der Waals surface area contributed by atoms with Crippen LogP contribution in [0.15, 0.2) is 36.7 Å². The van der Waals surface area contributed by atoms with E-state index >= 15 is 0 Å². The van der Waals surface area contributed by atoms with Crippen molar-refractivity contribution in [1.82, 2.24) is 29.4 Å². The van der Waals surface area contributed by atoms with E-state index in [-0.39, 0.29) is 28.9 Å². The summed E-state index contributed by atoms with van der Waals surface area (Å²) >= 11 is 5.97. The minimum absolute atomic E-state index is 0.133. The van der Waals surface area contributed by atoms with Crippen LogP contribution >= 0.6 is 11.6 Å². The van der Waals surface area contributed by atoms with Gasteiger partial charge in [-0.05, 0) is 23.8 Å². The van der Waals surface area contributed by atoms with Crippen molar-refractivity contribution in [2.24, 2.45) is 0 Å². The second-order valence-electron chi connectivity index (χ2n) is 6.46. The molecule has 0 aliphatic rings. The summed E-state index contributed by atoms with van der Waals surface area (Å²) in [5, 5.41) is 10.3. The number of carbonyl (C=O) groups is 1. The Labute approximate surface area is 180 Å². The summed E-state index contributed by atoms with van der Waals surface area (Å²) in [5.41, 5.74) is -1.84. The third-order valence-electron chi connectivity index (χ3n) is 4.26. The van der Waals surface area contributed by atoms with Crippen molar-refractivity contribution in [1.29, 1.82) is 0 Å². The SMILES string of the molecule is O=C(Nc1ncn(Cc2ccc(F)cc2Cl)n1)c1cc2nc(C(F)F)cc(C(F)F)n2n1. The molecule has 0 aliphatic carbocycles. The number of amides is 1. The molecule has 1 amide bonds. The van der Waals surface area contributed by atoms with Crippen LogP contribution in [0.5, 0.6) is 0 Å². The first-order chi connectivity index (χ1) is 15.2. The second-order valence-corrected chi connectivity index (χ2v) is 6.87. The molecule has 3 aromatic heterocycles. The monoisotopic (exact) mass is 471 g/mol. The topological polar surface area (TPSA) is 90.0 Å². The molecule has 4 rings (SSSR count). The molecular weight excluding hydrogens is 461 g/mol. The summed E-state index contributed by atoms with van der Waals surface area (Å²) in [5.74, 6) is -1.50. The van der Waals surface area contributed by atoms with Crippen molar-refractivity contribution in [2.75, 3.05) is 5.32 Å². The van der Waals surface area contributed by atoms with E-state index in [2.05, 4.69) is 25.5 Å². The lowest BCUT2D eigenvalue weighted by Crippen LogP contribution is -2.14. The molecule has 4 aromatic rings. The fourth-order valence-corrected chi connectivity index (χ4v) is 3.04. The average Bonchev–Trinajstić information content (AvgIpc) is 3.35. The largest absolute Gasteiger partial charge is 0.288 e. The Morgan fingerprint density at radius 1 is 1.09 bits per heavy atom. The minimum atomic E-state index is -3.12. The van der Waals surface area contributed by atoms with Gasteiger partial charge in [-0.3, -0.25) is 10.1 Å². The molecule has 0 saturated heterocycles. The molecule has 0 unspecified atom stereocenters. The van der Waals surface area contributed by atoms with Gasteiger partial charge in [-0.1, -0.05) is 17.7 Å². The van der Waals surface area contributed by atoms with Gasteiger partial charge in [-0.2, -0.15) is 5.10 Å². The first kappa shape index (κ1) is 21.6. The van der Waals surface area contributed by atoms with Crippen molar-refractivity contribution < 1.29 is 26.7 Å². The zero-order chi connectivity index (χ0) is 23.0. The van der Waals surface area contributed by atoms with Crippen molar-refractivity contribution >= 4 is 29.1 Å². The number of carbonyl (C=O) groups excluding carboxylic acids is 1. The van der Waals surface area contributed by atoms with Crippen LogP contribution in [0, 0.1) is 5.82 Å². The normalized spacial score (nSPS) is 11.6. The molecule has 8 nitrogen and oxygen atoms in total. The molecule has 166 valence electrons. The highest BCUT2D eigenvalue weighted by atomic mass is 35.5. The van der Waals surface area contributed by atoms with Crippen molar-refractivity contribution in [3.8, 4) is 0 Å². The molecule has 0 atom stereocenters. The van der Waals surface area contributed by atoms with Crippen LogP contribution in [0.4, 0.5) is 27.9 Å². The Kier molecular flexibility index (Phi) is 5.74. The Morgan fingerprint density at radius 2 is 1.88 bits per heavy atom. The number of nitrogens with one attached hydrogen (secondary N) is 1. The number of fused-ring (bicyclic) bond motifs is 1. The number of alkyl halides is 4. The molecule has 0 radical (unpaired) electrons. The van der Waals surface area contributed by atoms with E-state index in [1.54, 1.807) is 0 Å². The van der Waals surface area contributed by atoms with Crippen LogP contribution in [0.1, 0.15) is 40.3 Å². The molecule has 32 heavy (non-hydrogen) atoms. The fourth-order valence-electron chi connectivity index (χ4n) is 2.81. The van der Waals surface area contributed by atoms with Gasteiger partial charge in [0.2, 0.25) is 5.95 Å². The van der Waals surface area contributed by atoms with Crippen molar-refractivity contribution in [2.45, 2.75) is 19.4 Å². The number of benzene rings is 1. The molecule has 1 aromatic carbocycles. The lowest BCUT2D eigenvalue weighted by molar-refractivity contribution is 0.101. The van der Waals surface area contributed by atoms with E-state index in [0.29, 0.717) is 16.1 Å². The van der Waals surface area contributed by atoms with Gasteiger partial charge in [-0.15, -0.1) is 5.10 Å². The highest BCUT2D eigenvalue weighted by Gasteiger charge is 2.22. The Balaban J connectivity index is 1.55. The van der Waals surface area contributed by atoms with Crippen LogP contribution in [-0.2, 0) is 6.54 Å². The van der Waals surface area contributed by atoms with Gasteiger partial charge in [0, 0.05) is 11.1 Å². The van der Waals surface area contributed by atoms with Crippen LogP contribution in [0.3, 0.4) is 0 Å². The third kappa shape index (κ3) is 4.37. The predicted octanol–water partition coefficient (Wildman–Crippen LogP) is 4.29. The first-order valence-corrected chi connectivity index (χ1v) is 9.20. The standard InChI is InChI=1S/C18H11ClF5N7O/c19-10-3-9(20)2-1-8(10)6-30-7-25-18(29-30)27-17(32)12-5-14-26-11(15(21)22)4-13(16(23)24)31(14)28-12/h1-5,7,15-16H,6H2,(H,27,29,32). The molecule has 0 fully saturated rings. The highest BCUT2D eigenvalue weighted by molar-refractivity contribution is 6.31. The molecular formula is C18H11ClF5N7O. The molecule has 3 heterocycles. The smallest absolute Gasteiger partial charge is 0.280 e. The van der Waals surface area contributed by atoms with Gasteiger partial charge in [0.05, 0.1) is 6.54 Å². The number of rotatable bonds is 6. The van der Waals surface area contributed by atoms with E-state index in [4.69, 9.17) is 11.6 Å². The van der Waals surface area contributed by atoms with E-state index in [1.807, 2.05) is 0 Å². The molecule has 14 heteroatoms. The van der Waals surface area contributed by atoms with Gasteiger partial charge in [-0.25, -0.2) is 41.1 Å². The van der Waals surface area contributed by atoms with Gasteiger partial charge in [0.1, 0.15) is 23.5 Å². The maximum absolute atomic E-state index is 13.2. The Hall–Kier alpha value is -3.61. The van der Waals surface area contributed by atoms with Gasteiger partial charge in [0.25, 0.3) is 18.8 Å². The lowest BCUT2D eigenvalue weighted by atomic mass is 10.2. The molecule has 0 aliphatic heterocycles. The Bertz CT molecular complexity index is 1310. The van der Waals surface area contributed by atoms with E-state index in [9.17, 15) is 26.7 Å². The maximum Gasteiger partial charge on any atom is 0.280 e. The van der Waals surface area contributed by atoms with E-state index in [0.717, 1.165) is 12.1 Å².